The van der Waals surface area contributed by atoms with Crippen molar-refractivity contribution in [3.63, 3.8) is 0 Å². The molecule has 1 aliphatic heterocycles. The van der Waals surface area contributed by atoms with E-state index in [-0.39, 0.29) is 0 Å². The van der Waals surface area contributed by atoms with Crippen LogP contribution in [0.3, 0.4) is 0 Å². The summed E-state index contributed by atoms with van der Waals surface area (Å²) in [5, 5.41) is 4.84. The first-order valence-corrected chi connectivity index (χ1v) is 6.81. The highest BCUT2D eigenvalue weighted by Crippen LogP contribution is 2.43. The van der Waals surface area contributed by atoms with Crippen molar-refractivity contribution in [2.75, 3.05) is 11.9 Å². The minimum Gasteiger partial charge on any atom is -0.379 e. The van der Waals surface area contributed by atoms with E-state index in [1.54, 1.807) is 0 Å². The maximum absolute atomic E-state index is 6.24. The number of rotatable bonds is 2. The van der Waals surface area contributed by atoms with Crippen molar-refractivity contribution in [2.24, 2.45) is 5.73 Å². The molecule has 16 heavy (non-hydrogen) atoms. The molecule has 2 atom stereocenters. The smallest absolute Gasteiger partial charge is 0.0670 e. The monoisotopic (exact) mass is 256 g/mol. The topological polar surface area (TPSA) is 38.0 Å². The highest BCUT2D eigenvalue weighted by atomic mass is 35.5. The van der Waals surface area contributed by atoms with E-state index in [2.05, 4.69) is 25.2 Å². The molecule has 1 heterocycles. The third-order valence-electron chi connectivity index (χ3n) is 2.86. The predicted molar refractivity (Wildman–Crippen MR) is 72.6 cm³/mol. The molecule has 0 aliphatic carbocycles. The van der Waals surface area contributed by atoms with Crippen molar-refractivity contribution in [1.82, 2.24) is 0 Å². The summed E-state index contributed by atoms with van der Waals surface area (Å²) in [7, 11) is 0. The Bertz CT molecular complexity index is 395. The molecule has 0 aromatic heterocycles. The summed E-state index contributed by atoms with van der Waals surface area (Å²) < 4.78 is 0. The van der Waals surface area contributed by atoms with Crippen LogP contribution in [0.25, 0.3) is 0 Å². The number of thioether (sulfide) groups is 1. The third-order valence-corrected chi connectivity index (χ3v) is 4.68. The number of halogens is 1. The van der Waals surface area contributed by atoms with Gasteiger partial charge in [0.15, 0.2) is 0 Å². The van der Waals surface area contributed by atoms with Gasteiger partial charge in [-0.25, -0.2) is 0 Å². The van der Waals surface area contributed by atoms with Gasteiger partial charge in [0.25, 0.3) is 0 Å². The van der Waals surface area contributed by atoms with Gasteiger partial charge in [-0.15, -0.1) is 11.8 Å². The first-order valence-electron chi connectivity index (χ1n) is 5.55. The Hall–Kier alpha value is -0.380. The molecular formula is C12H17ClN2S. The van der Waals surface area contributed by atoms with E-state index in [4.69, 9.17) is 17.3 Å². The Morgan fingerprint density at radius 1 is 1.50 bits per heavy atom. The summed E-state index contributed by atoms with van der Waals surface area (Å²) in [6, 6.07) is 4.61. The highest BCUT2D eigenvalue weighted by Gasteiger charge is 2.26. The zero-order chi connectivity index (χ0) is 11.7. The van der Waals surface area contributed by atoms with Gasteiger partial charge in [0.05, 0.1) is 10.7 Å². The number of nitrogens with two attached hydrogens (primary N) is 1. The molecule has 0 amide bonds. The van der Waals surface area contributed by atoms with Crippen LogP contribution in [0.4, 0.5) is 5.69 Å². The van der Waals surface area contributed by atoms with Crippen molar-refractivity contribution >= 4 is 29.1 Å². The molecule has 0 saturated heterocycles. The number of fused-ring (bicyclic) bond motifs is 1. The molecule has 0 fully saturated rings. The van der Waals surface area contributed by atoms with Gasteiger partial charge in [-0.2, -0.15) is 0 Å². The van der Waals surface area contributed by atoms with Crippen LogP contribution in [0.1, 0.15) is 18.9 Å². The van der Waals surface area contributed by atoms with Gasteiger partial charge >= 0.3 is 0 Å². The van der Waals surface area contributed by atoms with Crippen molar-refractivity contribution in [3.05, 3.63) is 22.7 Å². The molecule has 1 aliphatic rings. The summed E-state index contributed by atoms with van der Waals surface area (Å²) >= 11 is 8.13. The Labute approximate surface area is 106 Å². The largest absolute Gasteiger partial charge is 0.379 e. The van der Waals surface area contributed by atoms with Gasteiger partial charge in [0, 0.05) is 16.2 Å². The highest BCUT2D eigenvalue weighted by molar-refractivity contribution is 8.00. The summed E-state index contributed by atoms with van der Waals surface area (Å²) in [5.41, 5.74) is 7.92. The van der Waals surface area contributed by atoms with Crippen LogP contribution >= 0.6 is 23.4 Å². The molecule has 3 N–H and O–H groups in total. The zero-order valence-electron chi connectivity index (χ0n) is 9.59. The van der Waals surface area contributed by atoms with Crippen LogP contribution in [0.15, 0.2) is 17.0 Å². The van der Waals surface area contributed by atoms with Gasteiger partial charge in [0.1, 0.15) is 0 Å². The summed E-state index contributed by atoms with van der Waals surface area (Å²) in [5.74, 6) is 0. The fourth-order valence-electron chi connectivity index (χ4n) is 2.00. The van der Waals surface area contributed by atoms with E-state index in [0.29, 0.717) is 11.3 Å². The van der Waals surface area contributed by atoms with Crippen molar-refractivity contribution in [1.29, 1.82) is 0 Å². The average Bonchev–Trinajstić information content (AvgIpc) is 2.21. The normalized spacial score (nSPS) is 23.8. The molecule has 0 spiro atoms. The fraction of sp³-hybridized carbons (Fsp3) is 0.500. The summed E-state index contributed by atoms with van der Waals surface area (Å²) in [6.45, 7) is 4.99. The van der Waals surface area contributed by atoms with Crippen molar-refractivity contribution < 1.29 is 0 Å². The Morgan fingerprint density at radius 3 is 2.94 bits per heavy atom. The van der Waals surface area contributed by atoms with Gasteiger partial charge in [-0.05, 0) is 44.5 Å². The van der Waals surface area contributed by atoms with Crippen LogP contribution in [0, 0.1) is 6.92 Å². The second-order valence-corrected chi connectivity index (χ2v) is 5.97. The van der Waals surface area contributed by atoms with E-state index in [9.17, 15) is 0 Å². The van der Waals surface area contributed by atoms with Crippen LogP contribution in [0.5, 0.6) is 0 Å². The quantitative estimate of drug-likeness (QED) is 0.853. The lowest BCUT2D eigenvalue weighted by atomic mass is 10.1. The lowest BCUT2D eigenvalue weighted by Gasteiger charge is -2.32. The average molecular weight is 257 g/mol. The minimum absolute atomic E-state index is 0.418. The molecule has 2 rings (SSSR count). The molecule has 2 nitrogen and oxygen atoms in total. The number of hydrogen-bond acceptors (Lipinski definition) is 3. The van der Waals surface area contributed by atoms with Crippen LogP contribution in [-0.2, 0) is 0 Å². The van der Waals surface area contributed by atoms with E-state index in [1.807, 2.05) is 17.8 Å². The maximum atomic E-state index is 6.24. The first-order chi connectivity index (χ1) is 7.61. The summed E-state index contributed by atoms with van der Waals surface area (Å²) in [6.07, 6.45) is 1.03. The molecule has 4 heteroatoms. The van der Waals surface area contributed by atoms with E-state index in [1.165, 1.54) is 10.5 Å². The lowest BCUT2D eigenvalue weighted by Crippen LogP contribution is -2.33. The molecule has 0 saturated carbocycles. The second kappa shape index (κ2) is 4.86. The van der Waals surface area contributed by atoms with Gasteiger partial charge in [0.2, 0.25) is 0 Å². The molecule has 0 radical (unpaired) electrons. The maximum Gasteiger partial charge on any atom is 0.0670 e. The standard InChI is InChI=1S/C12H17ClN2S/c1-7-5-9(13)12-11(6-7)16-10(3-4-14)8(2)15-12/h5-6,8,10,15H,3-4,14H2,1-2H3. The fourth-order valence-corrected chi connectivity index (χ4v) is 3.78. The molecular weight excluding hydrogens is 240 g/mol. The van der Waals surface area contributed by atoms with Crippen LogP contribution < -0.4 is 11.1 Å². The Morgan fingerprint density at radius 2 is 2.25 bits per heavy atom. The summed E-state index contributed by atoms with van der Waals surface area (Å²) in [4.78, 5) is 1.25. The van der Waals surface area contributed by atoms with Crippen LogP contribution in [0.2, 0.25) is 5.02 Å². The molecule has 88 valence electrons. The molecule has 2 unspecified atom stereocenters. The van der Waals surface area contributed by atoms with Gasteiger partial charge in [-0.1, -0.05) is 11.6 Å². The predicted octanol–water partition coefficient (Wildman–Crippen LogP) is 3.27. The third kappa shape index (κ3) is 2.31. The van der Waals surface area contributed by atoms with Crippen LogP contribution in [-0.4, -0.2) is 17.8 Å². The SMILES string of the molecule is Cc1cc(Cl)c2c(c1)SC(CCN)C(C)N2. The minimum atomic E-state index is 0.418. The molecule has 1 aromatic carbocycles. The lowest BCUT2D eigenvalue weighted by molar-refractivity contribution is 0.672. The number of nitrogens with one attached hydrogen (secondary N) is 1. The number of anilines is 1. The molecule has 0 bridgehead atoms. The molecule has 1 aromatic rings. The van der Waals surface area contributed by atoms with E-state index in [0.717, 1.165) is 23.7 Å². The number of hydrogen-bond donors (Lipinski definition) is 2. The zero-order valence-corrected chi connectivity index (χ0v) is 11.2. The number of aryl methyl sites for hydroxylation is 1. The number of benzene rings is 1. The van der Waals surface area contributed by atoms with Gasteiger partial charge < -0.3 is 11.1 Å². The van der Waals surface area contributed by atoms with Gasteiger partial charge in [-0.3, -0.25) is 0 Å². The first kappa shape index (κ1) is 12.1. The van der Waals surface area contributed by atoms with E-state index < -0.39 is 0 Å². The van der Waals surface area contributed by atoms with Crippen molar-refractivity contribution in [3.8, 4) is 0 Å². The second-order valence-electron chi connectivity index (χ2n) is 4.29. The Kier molecular flexibility index (Phi) is 3.67. The van der Waals surface area contributed by atoms with Crippen molar-refractivity contribution in [2.45, 2.75) is 36.5 Å². The van der Waals surface area contributed by atoms with E-state index >= 15 is 0 Å². The Balaban J connectivity index is 2.31.